The van der Waals surface area contributed by atoms with Crippen LogP contribution < -0.4 is 14.8 Å². The lowest BCUT2D eigenvalue weighted by Gasteiger charge is -2.40. The summed E-state index contributed by atoms with van der Waals surface area (Å²) in [7, 11) is 3.11. The third-order valence-corrected chi connectivity index (χ3v) is 5.69. The van der Waals surface area contributed by atoms with Crippen LogP contribution in [0, 0.1) is 0 Å². The van der Waals surface area contributed by atoms with Crippen LogP contribution in [0.1, 0.15) is 30.9 Å². The van der Waals surface area contributed by atoms with E-state index in [0.29, 0.717) is 49.2 Å². The van der Waals surface area contributed by atoms with Crippen molar-refractivity contribution in [3.05, 3.63) is 23.8 Å². The molecule has 2 saturated heterocycles. The first-order valence-corrected chi connectivity index (χ1v) is 9.73. The zero-order valence-electron chi connectivity index (χ0n) is 16.5. The number of carbonyl (C=O) groups excluding carboxylic acids is 1. The van der Waals surface area contributed by atoms with Crippen LogP contribution in [0.25, 0.3) is 0 Å². The number of carbonyl (C=O) groups is 2. The second-order valence-corrected chi connectivity index (χ2v) is 7.25. The molecule has 28 heavy (non-hydrogen) atoms. The summed E-state index contributed by atoms with van der Waals surface area (Å²) in [5.74, 6) is 0.372. The molecule has 0 spiro atoms. The molecule has 0 aliphatic carbocycles. The fourth-order valence-corrected chi connectivity index (χ4v) is 4.20. The van der Waals surface area contributed by atoms with E-state index in [1.165, 1.54) is 0 Å². The molecule has 1 aromatic carbocycles. The maximum atomic E-state index is 12.1. The second-order valence-electron chi connectivity index (χ2n) is 7.25. The summed E-state index contributed by atoms with van der Waals surface area (Å²) in [4.78, 5) is 28.1. The number of piperidine rings is 1. The van der Waals surface area contributed by atoms with Gasteiger partial charge in [0.15, 0.2) is 0 Å². The second kappa shape index (κ2) is 9.25. The number of ether oxygens (including phenoxy) is 2. The summed E-state index contributed by atoms with van der Waals surface area (Å²) in [6.07, 6.45) is 2.29. The zero-order valence-corrected chi connectivity index (χ0v) is 16.5. The zero-order chi connectivity index (χ0) is 20.1. The number of methoxy groups -OCH3 is 2. The SMILES string of the molecule is COc1ccc(OC)c([C@H](C(=O)O)N2CCC(N3CCNC(=O)CC3)CC2)c1. The number of hydrogen-bond acceptors (Lipinski definition) is 6. The van der Waals surface area contributed by atoms with Crippen molar-refractivity contribution in [2.45, 2.75) is 31.3 Å². The van der Waals surface area contributed by atoms with Gasteiger partial charge in [-0.2, -0.15) is 0 Å². The predicted octanol–water partition coefficient (Wildman–Crippen LogP) is 1.12. The maximum absolute atomic E-state index is 12.1. The number of likely N-dealkylation sites (tertiary alicyclic amines) is 1. The third-order valence-electron chi connectivity index (χ3n) is 5.69. The van der Waals surface area contributed by atoms with Crippen molar-refractivity contribution in [3.63, 3.8) is 0 Å². The van der Waals surface area contributed by atoms with Crippen LogP contribution in [0.3, 0.4) is 0 Å². The molecule has 2 aliphatic rings. The number of nitrogens with one attached hydrogen (secondary N) is 1. The summed E-state index contributed by atoms with van der Waals surface area (Å²) < 4.78 is 10.7. The lowest BCUT2D eigenvalue weighted by molar-refractivity contribution is -0.144. The number of aliphatic carboxylic acids is 1. The summed E-state index contributed by atoms with van der Waals surface area (Å²) >= 11 is 0. The van der Waals surface area contributed by atoms with E-state index < -0.39 is 12.0 Å². The van der Waals surface area contributed by atoms with Gasteiger partial charge in [0.05, 0.1) is 14.2 Å². The highest BCUT2D eigenvalue weighted by Crippen LogP contribution is 2.35. The number of nitrogens with zero attached hydrogens (tertiary/aromatic N) is 2. The molecule has 154 valence electrons. The molecular formula is C20H29N3O5. The highest BCUT2D eigenvalue weighted by Gasteiger charge is 2.35. The van der Waals surface area contributed by atoms with E-state index in [0.717, 1.165) is 25.9 Å². The van der Waals surface area contributed by atoms with Crippen LogP contribution in [-0.2, 0) is 9.59 Å². The molecule has 1 amide bonds. The van der Waals surface area contributed by atoms with Crippen molar-refractivity contribution in [3.8, 4) is 11.5 Å². The molecule has 0 aromatic heterocycles. The van der Waals surface area contributed by atoms with Crippen molar-refractivity contribution in [1.82, 2.24) is 15.1 Å². The average molecular weight is 391 g/mol. The van der Waals surface area contributed by atoms with Gasteiger partial charge in [-0.15, -0.1) is 0 Å². The summed E-state index contributed by atoms with van der Waals surface area (Å²) in [6.45, 7) is 3.66. The minimum Gasteiger partial charge on any atom is -0.497 e. The van der Waals surface area contributed by atoms with E-state index in [9.17, 15) is 14.7 Å². The predicted molar refractivity (Wildman–Crippen MR) is 104 cm³/mol. The van der Waals surface area contributed by atoms with Gasteiger partial charge < -0.3 is 19.9 Å². The monoisotopic (exact) mass is 391 g/mol. The Labute approximate surface area is 165 Å². The molecule has 1 aromatic rings. The quantitative estimate of drug-likeness (QED) is 0.751. The molecule has 0 bridgehead atoms. The summed E-state index contributed by atoms with van der Waals surface area (Å²) in [5, 5.41) is 12.9. The average Bonchev–Trinajstić information content (AvgIpc) is 2.93. The van der Waals surface area contributed by atoms with Crippen LogP contribution in [0.5, 0.6) is 11.5 Å². The largest absolute Gasteiger partial charge is 0.497 e. The van der Waals surface area contributed by atoms with Crippen molar-refractivity contribution < 1.29 is 24.2 Å². The van der Waals surface area contributed by atoms with Crippen LogP contribution in [0.4, 0.5) is 0 Å². The highest BCUT2D eigenvalue weighted by molar-refractivity contribution is 5.77. The first kappa shape index (κ1) is 20.4. The third kappa shape index (κ3) is 4.56. The van der Waals surface area contributed by atoms with E-state index in [2.05, 4.69) is 10.2 Å². The molecule has 8 nitrogen and oxygen atoms in total. The molecule has 2 N–H and O–H groups in total. The van der Waals surface area contributed by atoms with E-state index in [-0.39, 0.29) is 5.91 Å². The minimum atomic E-state index is -0.894. The van der Waals surface area contributed by atoms with E-state index in [1.54, 1.807) is 32.4 Å². The van der Waals surface area contributed by atoms with E-state index in [1.807, 2.05) is 4.90 Å². The minimum absolute atomic E-state index is 0.107. The Morgan fingerprint density at radius 1 is 1.18 bits per heavy atom. The van der Waals surface area contributed by atoms with Gasteiger partial charge in [0.25, 0.3) is 0 Å². The van der Waals surface area contributed by atoms with Crippen molar-refractivity contribution in [1.29, 1.82) is 0 Å². The molecule has 2 heterocycles. The molecule has 2 aliphatic heterocycles. The van der Waals surface area contributed by atoms with Gasteiger partial charge in [0.1, 0.15) is 17.5 Å². The topological polar surface area (TPSA) is 91.3 Å². The number of rotatable bonds is 6. The molecule has 3 rings (SSSR count). The number of carboxylic acids is 1. The van der Waals surface area contributed by atoms with Crippen LogP contribution in [0.15, 0.2) is 18.2 Å². The Bertz CT molecular complexity index is 703. The van der Waals surface area contributed by atoms with Crippen molar-refractivity contribution in [2.24, 2.45) is 0 Å². The smallest absolute Gasteiger partial charge is 0.325 e. The molecule has 1 atom stereocenters. The standard InChI is InChI=1S/C20H29N3O5/c1-27-15-3-4-17(28-2)16(13-15)19(20(25)26)23-9-5-14(6-10-23)22-11-7-18(24)21-8-12-22/h3-4,13-14,19H,5-12H2,1-2H3,(H,21,24)(H,25,26)/t19-/m1/s1. The molecule has 0 radical (unpaired) electrons. The van der Waals surface area contributed by atoms with E-state index in [4.69, 9.17) is 9.47 Å². The molecule has 0 saturated carbocycles. The van der Waals surface area contributed by atoms with Crippen LogP contribution >= 0.6 is 0 Å². The highest BCUT2D eigenvalue weighted by atomic mass is 16.5. The van der Waals surface area contributed by atoms with E-state index >= 15 is 0 Å². The van der Waals surface area contributed by atoms with Gasteiger partial charge >= 0.3 is 5.97 Å². The lowest BCUT2D eigenvalue weighted by Crippen LogP contribution is -2.48. The fourth-order valence-electron chi connectivity index (χ4n) is 4.20. The lowest BCUT2D eigenvalue weighted by atomic mass is 9.97. The Morgan fingerprint density at radius 2 is 1.93 bits per heavy atom. The van der Waals surface area contributed by atoms with Gasteiger partial charge in [-0.05, 0) is 31.0 Å². The Kier molecular flexibility index (Phi) is 6.74. The summed E-state index contributed by atoms with van der Waals surface area (Å²) in [5.41, 5.74) is 0.609. The van der Waals surface area contributed by atoms with Crippen LogP contribution in [0.2, 0.25) is 0 Å². The Balaban J connectivity index is 1.72. The van der Waals surface area contributed by atoms with Gasteiger partial charge in [-0.25, -0.2) is 0 Å². The Hall–Kier alpha value is -2.32. The molecule has 0 unspecified atom stereocenters. The van der Waals surface area contributed by atoms with Gasteiger partial charge in [0.2, 0.25) is 5.91 Å². The fraction of sp³-hybridized carbons (Fsp3) is 0.600. The van der Waals surface area contributed by atoms with Gasteiger partial charge in [0, 0.05) is 50.7 Å². The first-order chi connectivity index (χ1) is 13.5. The Morgan fingerprint density at radius 3 is 2.57 bits per heavy atom. The van der Waals surface area contributed by atoms with Crippen molar-refractivity contribution in [2.75, 3.05) is 46.9 Å². The van der Waals surface area contributed by atoms with Gasteiger partial charge in [-0.1, -0.05) is 0 Å². The van der Waals surface area contributed by atoms with Crippen molar-refractivity contribution >= 4 is 11.9 Å². The normalized spacial score (nSPS) is 20.9. The number of hydrogen-bond donors (Lipinski definition) is 2. The molecule has 8 heteroatoms. The number of carboxylic acid groups (broad SMARTS) is 1. The maximum Gasteiger partial charge on any atom is 0.325 e. The van der Waals surface area contributed by atoms with Gasteiger partial charge in [-0.3, -0.25) is 19.4 Å². The van der Waals surface area contributed by atoms with Crippen LogP contribution in [-0.4, -0.2) is 79.8 Å². The molecular weight excluding hydrogens is 362 g/mol. The number of benzene rings is 1. The summed E-state index contributed by atoms with van der Waals surface area (Å²) in [6, 6.07) is 4.86. The molecule has 2 fully saturated rings. The first-order valence-electron chi connectivity index (χ1n) is 9.73. The number of amides is 1.